The molecule has 0 radical (unpaired) electrons. The van der Waals surface area contributed by atoms with E-state index in [9.17, 15) is 14.4 Å². The van der Waals surface area contributed by atoms with Crippen LogP contribution in [-0.4, -0.2) is 33.0 Å². The lowest BCUT2D eigenvalue weighted by molar-refractivity contribution is -0.118. The van der Waals surface area contributed by atoms with Crippen LogP contribution < -0.4 is 15.6 Å². The Morgan fingerprint density at radius 1 is 1.15 bits per heavy atom. The molecular formula is C18H19N3O4S. The molecule has 0 saturated carbocycles. The summed E-state index contributed by atoms with van der Waals surface area (Å²) in [5.41, 5.74) is 2.17. The van der Waals surface area contributed by atoms with Crippen molar-refractivity contribution in [1.82, 2.24) is 15.3 Å². The Bertz CT molecular complexity index is 892. The SMILES string of the molecule is Cc1nc(C)c(CCOc2ccc(CC3SC(=O)NC3=O)cc2)c(=O)[nH]1. The molecular weight excluding hydrogens is 354 g/mol. The van der Waals surface area contributed by atoms with Gasteiger partial charge in [0.15, 0.2) is 0 Å². The Balaban J connectivity index is 1.54. The number of imide groups is 1. The molecule has 8 heteroatoms. The maximum atomic E-state index is 12.0. The molecule has 1 aromatic carbocycles. The number of ether oxygens (including phenoxy) is 1. The first kappa shape index (κ1) is 18.2. The summed E-state index contributed by atoms with van der Waals surface area (Å²) >= 11 is 1.02. The van der Waals surface area contributed by atoms with E-state index in [1.807, 2.05) is 31.2 Å². The van der Waals surface area contributed by atoms with E-state index < -0.39 is 0 Å². The average molecular weight is 373 g/mol. The van der Waals surface area contributed by atoms with Crippen molar-refractivity contribution in [2.45, 2.75) is 31.9 Å². The summed E-state index contributed by atoms with van der Waals surface area (Å²) in [6.45, 7) is 3.93. The molecule has 136 valence electrons. The molecule has 1 saturated heterocycles. The lowest BCUT2D eigenvalue weighted by Gasteiger charge is -2.09. The topological polar surface area (TPSA) is 101 Å². The zero-order chi connectivity index (χ0) is 18.7. The van der Waals surface area contributed by atoms with Gasteiger partial charge < -0.3 is 9.72 Å². The Hall–Kier alpha value is -2.61. The third-order valence-electron chi connectivity index (χ3n) is 4.07. The summed E-state index contributed by atoms with van der Waals surface area (Å²) in [5, 5.41) is 1.61. The number of hydrogen-bond acceptors (Lipinski definition) is 6. The number of nitrogens with one attached hydrogen (secondary N) is 2. The molecule has 2 aromatic rings. The minimum atomic E-state index is -0.377. The van der Waals surface area contributed by atoms with Crippen LogP contribution in [0.1, 0.15) is 22.6 Å². The number of thioether (sulfide) groups is 1. The molecule has 1 atom stereocenters. The van der Waals surface area contributed by atoms with E-state index in [1.165, 1.54) is 0 Å². The van der Waals surface area contributed by atoms with Gasteiger partial charge in [0.05, 0.1) is 11.9 Å². The largest absolute Gasteiger partial charge is 0.493 e. The number of carbonyl (C=O) groups is 2. The second-order valence-electron chi connectivity index (χ2n) is 6.05. The van der Waals surface area contributed by atoms with Gasteiger partial charge in [-0.25, -0.2) is 4.98 Å². The van der Waals surface area contributed by atoms with Gasteiger partial charge in [-0.15, -0.1) is 0 Å². The summed E-state index contributed by atoms with van der Waals surface area (Å²) in [6, 6.07) is 7.38. The first-order chi connectivity index (χ1) is 12.4. The van der Waals surface area contributed by atoms with Crippen molar-refractivity contribution < 1.29 is 14.3 Å². The molecule has 1 aliphatic rings. The molecule has 1 fully saturated rings. The standard InChI is InChI=1S/C18H19N3O4S/c1-10-14(16(22)20-11(2)19-10)7-8-25-13-5-3-12(4-6-13)9-15-17(23)21-18(24)26-15/h3-6,15H,7-9H2,1-2H3,(H,19,20,22)(H,21,23,24). The van der Waals surface area contributed by atoms with Gasteiger partial charge in [0.25, 0.3) is 10.8 Å². The summed E-state index contributed by atoms with van der Waals surface area (Å²) < 4.78 is 5.69. The summed E-state index contributed by atoms with van der Waals surface area (Å²) in [4.78, 5) is 41.7. The van der Waals surface area contributed by atoms with Crippen molar-refractivity contribution in [2.24, 2.45) is 0 Å². The normalized spacial score (nSPS) is 16.6. The molecule has 7 nitrogen and oxygen atoms in total. The maximum absolute atomic E-state index is 12.0. The fraction of sp³-hybridized carbons (Fsp3) is 0.333. The molecule has 26 heavy (non-hydrogen) atoms. The van der Waals surface area contributed by atoms with Crippen LogP contribution >= 0.6 is 11.8 Å². The number of amides is 2. The van der Waals surface area contributed by atoms with Crippen LogP contribution in [0.25, 0.3) is 0 Å². The minimum absolute atomic E-state index is 0.129. The third-order valence-corrected chi connectivity index (χ3v) is 5.05. The van der Waals surface area contributed by atoms with Crippen LogP contribution in [0.3, 0.4) is 0 Å². The maximum Gasteiger partial charge on any atom is 0.286 e. The highest BCUT2D eigenvalue weighted by atomic mass is 32.2. The molecule has 2 heterocycles. The zero-order valence-corrected chi connectivity index (χ0v) is 15.3. The Labute approximate surface area is 154 Å². The Kier molecular flexibility index (Phi) is 5.41. The molecule has 1 aromatic heterocycles. The van der Waals surface area contributed by atoms with Gasteiger partial charge in [-0.2, -0.15) is 0 Å². The van der Waals surface area contributed by atoms with E-state index in [-0.39, 0.29) is 22.0 Å². The van der Waals surface area contributed by atoms with Crippen molar-refractivity contribution in [3.05, 3.63) is 57.3 Å². The molecule has 0 spiro atoms. The van der Waals surface area contributed by atoms with Crippen LogP contribution in [0.2, 0.25) is 0 Å². The number of aromatic amines is 1. The summed E-state index contributed by atoms with van der Waals surface area (Å²) in [6.07, 6.45) is 0.962. The lowest BCUT2D eigenvalue weighted by atomic mass is 10.1. The zero-order valence-electron chi connectivity index (χ0n) is 14.5. The molecule has 3 rings (SSSR count). The first-order valence-corrected chi connectivity index (χ1v) is 9.10. The fourth-order valence-corrected chi connectivity index (χ4v) is 3.64. The van der Waals surface area contributed by atoms with E-state index >= 15 is 0 Å². The van der Waals surface area contributed by atoms with Crippen molar-refractivity contribution >= 4 is 22.9 Å². The number of rotatable bonds is 6. The van der Waals surface area contributed by atoms with E-state index in [4.69, 9.17) is 4.74 Å². The van der Waals surface area contributed by atoms with Crippen molar-refractivity contribution in [2.75, 3.05) is 6.61 Å². The van der Waals surface area contributed by atoms with Crippen LogP contribution in [0.15, 0.2) is 29.1 Å². The van der Waals surface area contributed by atoms with Gasteiger partial charge >= 0.3 is 0 Å². The highest BCUT2D eigenvalue weighted by Crippen LogP contribution is 2.23. The lowest BCUT2D eigenvalue weighted by Crippen LogP contribution is -2.25. The van der Waals surface area contributed by atoms with E-state index in [0.29, 0.717) is 42.3 Å². The van der Waals surface area contributed by atoms with Crippen LogP contribution in [-0.2, 0) is 17.6 Å². The molecule has 2 N–H and O–H groups in total. The van der Waals surface area contributed by atoms with Gasteiger partial charge in [-0.1, -0.05) is 23.9 Å². The van der Waals surface area contributed by atoms with Gasteiger partial charge in [-0.3, -0.25) is 19.7 Å². The molecule has 0 aliphatic carbocycles. The number of hydrogen-bond donors (Lipinski definition) is 2. The quantitative estimate of drug-likeness (QED) is 0.802. The molecule has 1 unspecified atom stereocenters. The predicted octanol–water partition coefficient (Wildman–Crippen LogP) is 1.90. The van der Waals surface area contributed by atoms with Crippen LogP contribution in [0, 0.1) is 13.8 Å². The molecule has 1 aliphatic heterocycles. The monoisotopic (exact) mass is 373 g/mol. The highest BCUT2D eigenvalue weighted by Gasteiger charge is 2.31. The number of benzene rings is 1. The first-order valence-electron chi connectivity index (χ1n) is 8.22. The van der Waals surface area contributed by atoms with Crippen LogP contribution in [0.5, 0.6) is 5.75 Å². The number of carbonyl (C=O) groups excluding carboxylic acids is 2. The van der Waals surface area contributed by atoms with Gasteiger partial charge in [-0.05, 0) is 38.0 Å². The van der Waals surface area contributed by atoms with E-state index in [0.717, 1.165) is 17.3 Å². The summed E-state index contributed by atoms with van der Waals surface area (Å²) in [5.74, 6) is 1.04. The smallest absolute Gasteiger partial charge is 0.286 e. The van der Waals surface area contributed by atoms with Crippen molar-refractivity contribution in [3.63, 3.8) is 0 Å². The number of aryl methyl sites for hydroxylation is 2. The summed E-state index contributed by atoms with van der Waals surface area (Å²) in [7, 11) is 0. The Morgan fingerprint density at radius 3 is 2.50 bits per heavy atom. The van der Waals surface area contributed by atoms with E-state index in [1.54, 1.807) is 6.92 Å². The van der Waals surface area contributed by atoms with Crippen molar-refractivity contribution in [1.29, 1.82) is 0 Å². The number of H-pyrrole nitrogens is 1. The fourth-order valence-electron chi connectivity index (χ4n) is 2.78. The Morgan fingerprint density at radius 2 is 1.88 bits per heavy atom. The molecule has 2 amide bonds. The highest BCUT2D eigenvalue weighted by molar-refractivity contribution is 8.15. The average Bonchev–Trinajstić information content (AvgIpc) is 2.89. The molecule has 0 bridgehead atoms. The van der Waals surface area contributed by atoms with E-state index in [2.05, 4.69) is 15.3 Å². The van der Waals surface area contributed by atoms with Gasteiger partial charge in [0.1, 0.15) is 11.6 Å². The minimum Gasteiger partial charge on any atom is -0.493 e. The number of nitrogens with zero attached hydrogens (tertiary/aromatic N) is 1. The third kappa shape index (κ3) is 4.32. The van der Waals surface area contributed by atoms with Crippen LogP contribution in [0.4, 0.5) is 4.79 Å². The number of aromatic nitrogens is 2. The van der Waals surface area contributed by atoms with Gasteiger partial charge in [0, 0.05) is 17.7 Å². The van der Waals surface area contributed by atoms with Gasteiger partial charge in [0.2, 0.25) is 5.91 Å². The second-order valence-corrected chi connectivity index (χ2v) is 7.22. The second kappa shape index (κ2) is 7.74. The van der Waals surface area contributed by atoms with Crippen molar-refractivity contribution in [3.8, 4) is 5.75 Å². The predicted molar refractivity (Wildman–Crippen MR) is 98.6 cm³/mol.